The summed E-state index contributed by atoms with van der Waals surface area (Å²) in [6, 6.07) is 13.9. The molecule has 0 aliphatic heterocycles. The Morgan fingerprint density at radius 1 is 0.971 bits per heavy atom. The predicted molar refractivity (Wildman–Crippen MR) is 128 cm³/mol. The number of benzene rings is 3. The molecule has 184 valence electrons. The first-order valence-corrected chi connectivity index (χ1v) is 11.4. The van der Waals surface area contributed by atoms with Gasteiger partial charge in [-0.05, 0) is 60.4 Å². The molecule has 0 atom stereocenters. The van der Waals surface area contributed by atoms with Crippen molar-refractivity contribution in [2.75, 3.05) is 7.11 Å². The number of nitrogens with zero attached hydrogens (tertiary/aromatic N) is 1. The fourth-order valence-corrected chi connectivity index (χ4v) is 4.40. The summed E-state index contributed by atoms with van der Waals surface area (Å²) in [4.78, 5) is 11.9. The van der Waals surface area contributed by atoms with Crippen LogP contribution < -0.4 is 4.74 Å². The number of carbonyl (C=O) groups is 1. The maximum atomic E-state index is 13.3. The van der Waals surface area contributed by atoms with E-state index in [0.29, 0.717) is 27.4 Å². The number of alkyl halides is 3. The molecule has 1 heterocycles. The zero-order chi connectivity index (χ0) is 25.2. The Balaban J connectivity index is 1.93. The van der Waals surface area contributed by atoms with Gasteiger partial charge in [0.2, 0.25) is 0 Å². The third-order valence-corrected chi connectivity index (χ3v) is 6.02. The topological polar surface area (TPSA) is 60.7 Å². The Morgan fingerprint density at radius 2 is 1.74 bits per heavy atom. The van der Waals surface area contributed by atoms with Gasteiger partial charge in [0, 0.05) is 6.54 Å². The Bertz CT molecular complexity index is 1370. The number of carbonyl (C=O) groups excluding carboxylic acids is 1. The van der Waals surface area contributed by atoms with Crippen LogP contribution in [0.25, 0.3) is 21.8 Å². The summed E-state index contributed by atoms with van der Waals surface area (Å²) in [5, 5.41) is 12.0. The van der Waals surface area contributed by atoms with Crippen molar-refractivity contribution in [1.29, 1.82) is 0 Å². The van der Waals surface area contributed by atoms with Gasteiger partial charge < -0.3 is 19.1 Å². The zero-order valence-electron chi connectivity index (χ0n) is 19.5. The number of aromatic nitrogens is 1. The minimum absolute atomic E-state index is 0.0164. The standard InChI is InChI=1S/C27H26F3NO4/c1-3-4-5-8-17-14-21-24(22(32)15-17)25-20(11-7-12-23(25)35-26(33)34-2)31(21)16-18-9-6-10-19(13-18)27(28,29)30/h6-7,9-15,32H,3-5,8,16H2,1-2H3. The molecule has 5 nitrogen and oxygen atoms in total. The van der Waals surface area contributed by atoms with Gasteiger partial charge in [-0.1, -0.05) is 38.0 Å². The van der Waals surface area contributed by atoms with Crippen LogP contribution in [0.4, 0.5) is 18.0 Å². The number of phenolic OH excluding ortho intramolecular Hbond substituents is 1. The second-order valence-corrected chi connectivity index (χ2v) is 8.46. The summed E-state index contributed by atoms with van der Waals surface area (Å²) in [6.07, 6.45) is -1.56. The van der Waals surface area contributed by atoms with Crippen LogP contribution in [0, 0.1) is 0 Å². The van der Waals surface area contributed by atoms with E-state index in [1.54, 1.807) is 30.3 Å². The van der Waals surface area contributed by atoms with Crippen molar-refractivity contribution in [2.45, 2.75) is 45.3 Å². The molecule has 0 bridgehead atoms. The molecule has 0 aliphatic rings. The lowest BCUT2D eigenvalue weighted by atomic mass is 10.0. The molecule has 0 saturated carbocycles. The fourth-order valence-electron chi connectivity index (χ4n) is 4.40. The lowest BCUT2D eigenvalue weighted by Gasteiger charge is -2.12. The zero-order valence-corrected chi connectivity index (χ0v) is 19.5. The lowest BCUT2D eigenvalue weighted by Crippen LogP contribution is -2.08. The summed E-state index contributed by atoms with van der Waals surface area (Å²) in [7, 11) is 1.19. The minimum atomic E-state index is -4.46. The molecule has 0 saturated heterocycles. The molecule has 0 unspecified atom stereocenters. The first kappa shape index (κ1) is 24.4. The molecule has 3 aromatic carbocycles. The molecule has 0 spiro atoms. The van der Waals surface area contributed by atoms with Gasteiger partial charge in [-0.25, -0.2) is 4.79 Å². The average molecular weight is 486 g/mol. The Morgan fingerprint density at radius 3 is 2.46 bits per heavy atom. The number of halogens is 3. The van der Waals surface area contributed by atoms with Crippen LogP contribution in [0.1, 0.15) is 42.9 Å². The molecule has 8 heteroatoms. The van der Waals surface area contributed by atoms with Crippen molar-refractivity contribution >= 4 is 28.0 Å². The molecule has 0 aliphatic carbocycles. The third-order valence-electron chi connectivity index (χ3n) is 6.02. The molecule has 4 rings (SSSR count). The normalized spacial score (nSPS) is 11.8. The highest BCUT2D eigenvalue weighted by Crippen LogP contribution is 2.42. The number of aromatic hydroxyl groups is 1. The van der Waals surface area contributed by atoms with E-state index in [1.807, 2.05) is 10.6 Å². The van der Waals surface area contributed by atoms with Gasteiger partial charge in [0.15, 0.2) is 0 Å². The van der Waals surface area contributed by atoms with Crippen molar-refractivity contribution in [3.8, 4) is 11.5 Å². The van der Waals surface area contributed by atoms with Gasteiger partial charge in [0.1, 0.15) is 11.5 Å². The number of phenols is 1. The quantitative estimate of drug-likeness (QED) is 0.168. The SMILES string of the molecule is CCCCCc1cc(O)c2c3c(OC(=O)OC)cccc3n(Cc3cccc(C(F)(F)F)c3)c2c1. The number of unbranched alkanes of at least 4 members (excludes halogenated alkanes) is 2. The van der Waals surface area contributed by atoms with E-state index in [1.165, 1.54) is 13.2 Å². The smallest absolute Gasteiger partial charge is 0.507 e. The number of fused-ring (bicyclic) bond motifs is 3. The highest BCUT2D eigenvalue weighted by atomic mass is 19.4. The number of aryl methyl sites for hydroxylation is 1. The molecule has 0 fully saturated rings. The van der Waals surface area contributed by atoms with E-state index in [-0.39, 0.29) is 18.0 Å². The molecule has 4 aromatic rings. The van der Waals surface area contributed by atoms with Crippen molar-refractivity contribution in [3.05, 3.63) is 71.3 Å². The van der Waals surface area contributed by atoms with E-state index < -0.39 is 17.9 Å². The first-order valence-electron chi connectivity index (χ1n) is 11.4. The Kier molecular flexibility index (Phi) is 6.91. The van der Waals surface area contributed by atoms with E-state index in [2.05, 4.69) is 11.7 Å². The van der Waals surface area contributed by atoms with Crippen LogP contribution in [0.5, 0.6) is 11.5 Å². The van der Waals surface area contributed by atoms with Crippen LogP contribution in [0.2, 0.25) is 0 Å². The van der Waals surface area contributed by atoms with E-state index in [9.17, 15) is 23.1 Å². The van der Waals surface area contributed by atoms with Crippen molar-refractivity contribution in [3.63, 3.8) is 0 Å². The number of rotatable bonds is 7. The molecule has 35 heavy (non-hydrogen) atoms. The van der Waals surface area contributed by atoms with E-state index >= 15 is 0 Å². The summed E-state index contributed by atoms with van der Waals surface area (Å²) in [5.41, 5.74) is 1.90. The van der Waals surface area contributed by atoms with Crippen LogP contribution in [-0.4, -0.2) is 22.9 Å². The fraction of sp³-hybridized carbons (Fsp3) is 0.296. The summed E-state index contributed by atoms with van der Waals surface area (Å²) in [5.74, 6) is 0.207. The first-order chi connectivity index (χ1) is 16.7. The number of methoxy groups -OCH3 is 1. The average Bonchev–Trinajstić information content (AvgIpc) is 3.13. The van der Waals surface area contributed by atoms with Crippen LogP contribution in [0.3, 0.4) is 0 Å². The number of ether oxygens (including phenoxy) is 2. The predicted octanol–water partition coefficient (Wildman–Crippen LogP) is 7.45. The van der Waals surface area contributed by atoms with Crippen molar-refractivity contribution < 1.29 is 32.5 Å². The molecule has 0 radical (unpaired) electrons. The van der Waals surface area contributed by atoms with Gasteiger partial charge in [-0.2, -0.15) is 13.2 Å². The van der Waals surface area contributed by atoms with Gasteiger partial charge in [-0.3, -0.25) is 0 Å². The van der Waals surface area contributed by atoms with Crippen molar-refractivity contribution in [1.82, 2.24) is 4.57 Å². The highest BCUT2D eigenvalue weighted by molar-refractivity contribution is 6.14. The lowest BCUT2D eigenvalue weighted by molar-refractivity contribution is -0.137. The largest absolute Gasteiger partial charge is 0.513 e. The maximum absolute atomic E-state index is 13.3. The van der Waals surface area contributed by atoms with Crippen molar-refractivity contribution in [2.24, 2.45) is 0 Å². The number of hydrogen-bond donors (Lipinski definition) is 1. The maximum Gasteiger partial charge on any atom is 0.513 e. The van der Waals surface area contributed by atoms with Crippen LogP contribution in [0.15, 0.2) is 54.6 Å². The highest BCUT2D eigenvalue weighted by Gasteiger charge is 2.30. The van der Waals surface area contributed by atoms with Crippen LogP contribution in [-0.2, 0) is 23.9 Å². The molecule has 1 N–H and O–H groups in total. The Hall–Kier alpha value is -3.68. The van der Waals surface area contributed by atoms with E-state index in [4.69, 9.17) is 4.74 Å². The van der Waals surface area contributed by atoms with E-state index in [0.717, 1.165) is 43.4 Å². The second kappa shape index (κ2) is 9.90. The van der Waals surface area contributed by atoms with Gasteiger partial charge in [0.05, 0.1) is 34.5 Å². The molecular weight excluding hydrogens is 459 g/mol. The monoisotopic (exact) mass is 485 g/mol. The van der Waals surface area contributed by atoms with Gasteiger partial charge in [-0.15, -0.1) is 0 Å². The molecule has 1 aromatic heterocycles. The van der Waals surface area contributed by atoms with Gasteiger partial charge >= 0.3 is 12.3 Å². The second-order valence-electron chi connectivity index (χ2n) is 8.46. The summed E-state index contributed by atoms with van der Waals surface area (Å²) in [6.45, 7) is 2.24. The number of hydrogen-bond acceptors (Lipinski definition) is 4. The summed E-state index contributed by atoms with van der Waals surface area (Å²) < 4.78 is 51.8. The third kappa shape index (κ3) is 5.06. The van der Waals surface area contributed by atoms with Gasteiger partial charge in [0.25, 0.3) is 0 Å². The Labute approximate surface area is 200 Å². The van der Waals surface area contributed by atoms with Crippen LogP contribution >= 0.6 is 0 Å². The minimum Gasteiger partial charge on any atom is -0.507 e. The summed E-state index contributed by atoms with van der Waals surface area (Å²) >= 11 is 0. The molecular formula is C27H26F3NO4. The molecule has 0 amide bonds.